The van der Waals surface area contributed by atoms with Crippen LogP contribution in [0.4, 0.5) is 13.2 Å². The zero-order valence-corrected chi connectivity index (χ0v) is 16.8. The van der Waals surface area contributed by atoms with Gasteiger partial charge < -0.3 is 15.4 Å². The number of rotatable bonds is 6. The van der Waals surface area contributed by atoms with Crippen molar-refractivity contribution in [1.29, 1.82) is 0 Å². The predicted octanol–water partition coefficient (Wildman–Crippen LogP) is 3.99. The van der Waals surface area contributed by atoms with Gasteiger partial charge >= 0.3 is 0 Å². The lowest BCUT2D eigenvalue weighted by atomic mass is 10.2. The van der Waals surface area contributed by atoms with E-state index in [0.29, 0.717) is 18.1 Å². The normalized spacial score (nSPS) is 10.9. The number of nitrogens with zero attached hydrogens (tertiary/aromatic N) is 1. The van der Waals surface area contributed by atoms with Crippen molar-refractivity contribution >= 4 is 29.9 Å². The molecule has 2 N–H and O–H groups in total. The molecular weight excluding hydrogens is 458 g/mol. The zero-order valence-electron chi connectivity index (χ0n) is 14.5. The Hall–Kier alpha value is -1.97. The Morgan fingerprint density at radius 2 is 1.81 bits per heavy atom. The number of ether oxygens (including phenoxy) is 1. The fraction of sp³-hybridized carbons (Fsp3) is 0.278. The molecule has 0 aliphatic heterocycles. The van der Waals surface area contributed by atoms with Gasteiger partial charge in [-0.3, -0.25) is 0 Å². The van der Waals surface area contributed by atoms with Crippen molar-refractivity contribution in [3.8, 4) is 5.75 Å². The predicted molar refractivity (Wildman–Crippen MR) is 106 cm³/mol. The third kappa shape index (κ3) is 6.40. The molecule has 0 atom stereocenters. The van der Waals surface area contributed by atoms with Gasteiger partial charge in [0.15, 0.2) is 17.5 Å². The molecule has 0 aliphatic carbocycles. The molecule has 0 saturated heterocycles. The van der Waals surface area contributed by atoms with Crippen LogP contribution in [0.3, 0.4) is 0 Å². The van der Waals surface area contributed by atoms with Gasteiger partial charge in [0.25, 0.3) is 0 Å². The molecule has 0 bridgehead atoms. The van der Waals surface area contributed by atoms with Gasteiger partial charge in [-0.25, -0.2) is 18.2 Å². The standard InChI is InChI=1S/C18H20F3N3O.HI/c1-3-22-18(24-11-13-9-14(19)5-6-15(13)20)23-10-12-4-7-17(25-2)16(21)8-12;/h4-9H,3,10-11H2,1-2H3,(H2,22,23,24);1H. The van der Waals surface area contributed by atoms with Gasteiger partial charge in [-0.1, -0.05) is 6.07 Å². The fourth-order valence-electron chi connectivity index (χ4n) is 2.18. The van der Waals surface area contributed by atoms with Gasteiger partial charge in [-0.05, 0) is 42.8 Å². The molecule has 0 unspecified atom stereocenters. The fourth-order valence-corrected chi connectivity index (χ4v) is 2.18. The summed E-state index contributed by atoms with van der Waals surface area (Å²) in [7, 11) is 1.40. The minimum atomic E-state index is -0.506. The summed E-state index contributed by atoms with van der Waals surface area (Å²) in [5, 5.41) is 5.92. The molecule has 0 radical (unpaired) electrons. The molecule has 0 aromatic heterocycles. The van der Waals surface area contributed by atoms with Crippen molar-refractivity contribution in [2.75, 3.05) is 13.7 Å². The minimum absolute atomic E-state index is 0. The van der Waals surface area contributed by atoms with Gasteiger partial charge in [-0.15, -0.1) is 24.0 Å². The second-order valence-corrected chi connectivity index (χ2v) is 5.25. The summed E-state index contributed by atoms with van der Waals surface area (Å²) in [6.07, 6.45) is 0. The van der Waals surface area contributed by atoms with Crippen LogP contribution in [0.25, 0.3) is 0 Å². The van der Waals surface area contributed by atoms with Crippen LogP contribution in [0.1, 0.15) is 18.1 Å². The molecule has 0 amide bonds. The quantitative estimate of drug-likeness (QED) is 0.375. The van der Waals surface area contributed by atoms with Crippen molar-refractivity contribution in [2.24, 2.45) is 4.99 Å². The number of hydrogen-bond acceptors (Lipinski definition) is 2. The van der Waals surface area contributed by atoms with Gasteiger partial charge in [0.1, 0.15) is 11.6 Å². The van der Waals surface area contributed by atoms with E-state index in [4.69, 9.17) is 4.74 Å². The minimum Gasteiger partial charge on any atom is -0.494 e. The molecule has 8 heteroatoms. The maximum absolute atomic E-state index is 13.7. The molecule has 0 heterocycles. The first-order valence-corrected chi connectivity index (χ1v) is 7.82. The Bertz CT molecular complexity index is 756. The van der Waals surface area contributed by atoms with E-state index in [-0.39, 0.29) is 48.4 Å². The molecule has 4 nitrogen and oxygen atoms in total. The number of hydrogen-bond donors (Lipinski definition) is 2. The first-order valence-electron chi connectivity index (χ1n) is 7.82. The van der Waals surface area contributed by atoms with Crippen molar-refractivity contribution in [2.45, 2.75) is 20.0 Å². The number of aliphatic imine (C=N–C) groups is 1. The zero-order chi connectivity index (χ0) is 18.2. The van der Waals surface area contributed by atoms with E-state index in [9.17, 15) is 13.2 Å². The molecule has 0 aliphatic rings. The number of methoxy groups -OCH3 is 1. The van der Waals surface area contributed by atoms with E-state index in [2.05, 4.69) is 15.6 Å². The third-order valence-electron chi connectivity index (χ3n) is 3.43. The van der Waals surface area contributed by atoms with Gasteiger partial charge in [0, 0.05) is 18.7 Å². The summed E-state index contributed by atoms with van der Waals surface area (Å²) in [4.78, 5) is 4.32. The summed E-state index contributed by atoms with van der Waals surface area (Å²) in [6, 6.07) is 7.86. The van der Waals surface area contributed by atoms with Crippen LogP contribution in [0.15, 0.2) is 41.4 Å². The van der Waals surface area contributed by atoms with Crippen LogP contribution in [-0.2, 0) is 13.1 Å². The van der Waals surface area contributed by atoms with Crippen LogP contribution in [0.2, 0.25) is 0 Å². The first-order chi connectivity index (χ1) is 12.0. The van der Waals surface area contributed by atoms with Crippen molar-refractivity contribution < 1.29 is 17.9 Å². The molecule has 0 fully saturated rings. The van der Waals surface area contributed by atoms with Crippen LogP contribution < -0.4 is 15.4 Å². The molecule has 0 saturated carbocycles. The number of nitrogens with one attached hydrogen (secondary N) is 2. The van der Waals surface area contributed by atoms with Crippen LogP contribution in [-0.4, -0.2) is 19.6 Å². The number of guanidine groups is 1. The maximum atomic E-state index is 13.7. The number of halogens is 4. The van der Waals surface area contributed by atoms with Crippen LogP contribution in [0, 0.1) is 17.5 Å². The smallest absolute Gasteiger partial charge is 0.191 e. The molecule has 142 valence electrons. The highest BCUT2D eigenvalue weighted by Gasteiger charge is 2.06. The summed E-state index contributed by atoms with van der Waals surface area (Å²) < 4.78 is 45.4. The van der Waals surface area contributed by atoms with E-state index >= 15 is 0 Å². The summed E-state index contributed by atoms with van der Waals surface area (Å²) in [5.74, 6) is -0.882. The van der Waals surface area contributed by atoms with E-state index in [1.165, 1.54) is 19.2 Å². The average molecular weight is 479 g/mol. The Balaban J connectivity index is 0.00000338. The SMILES string of the molecule is CCNC(=NCc1ccc(OC)c(F)c1)NCc1cc(F)ccc1F.I. The lowest BCUT2D eigenvalue weighted by Crippen LogP contribution is -2.37. The lowest BCUT2D eigenvalue weighted by molar-refractivity contribution is 0.386. The first kappa shape index (κ1) is 22.1. The highest BCUT2D eigenvalue weighted by Crippen LogP contribution is 2.18. The molecule has 26 heavy (non-hydrogen) atoms. The molecule has 2 aromatic carbocycles. The van der Waals surface area contributed by atoms with Crippen LogP contribution in [0.5, 0.6) is 5.75 Å². The number of benzene rings is 2. The van der Waals surface area contributed by atoms with Crippen LogP contribution >= 0.6 is 24.0 Å². The molecule has 0 spiro atoms. The highest BCUT2D eigenvalue weighted by molar-refractivity contribution is 14.0. The van der Waals surface area contributed by atoms with E-state index in [1.54, 1.807) is 6.07 Å². The monoisotopic (exact) mass is 479 g/mol. The van der Waals surface area contributed by atoms with Crippen molar-refractivity contribution in [3.05, 3.63) is 65.0 Å². The third-order valence-corrected chi connectivity index (χ3v) is 3.43. The Kier molecular flexibility index (Phi) is 9.25. The molecule has 2 aromatic rings. The summed E-state index contributed by atoms with van der Waals surface area (Å²) in [6.45, 7) is 2.77. The van der Waals surface area contributed by atoms with Crippen molar-refractivity contribution in [1.82, 2.24) is 10.6 Å². The highest BCUT2D eigenvalue weighted by atomic mass is 127. The lowest BCUT2D eigenvalue weighted by Gasteiger charge is -2.12. The Labute approximate surface area is 167 Å². The van der Waals surface area contributed by atoms with Crippen molar-refractivity contribution in [3.63, 3.8) is 0 Å². The average Bonchev–Trinajstić information content (AvgIpc) is 2.60. The van der Waals surface area contributed by atoms with Gasteiger partial charge in [0.2, 0.25) is 0 Å². The molecular formula is C18H21F3IN3O. The Morgan fingerprint density at radius 3 is 2.46 bits per heavy atom. The topological polar surface area (TPSA) is 45.7 Å². The summed E-state index contributed by atoms with van der Waals surface area (Å²) >= 11 is 0. The largest absolute Gasteiger partial charge is 0.494 e. The van der Waals surface area contributed by atoms with E-state index in [0.717, 1.165) is 18.2 Å². The van der Waals surface area contributed by atoms with E-state index in [1.807, 2.05) is 6.92 Å². The second kappa shape index (κ2) is 10.9. The van der Waals surface area contributed by atoms with Gasteiger partial charge in [-0.2, -0.15) is 0 Å². The second-order valence-electron chi connectivity index (χ2n) is 5.25. The van der Waals surface area contributed by atoms with Gasteiger partial charge in [0.05, 0.1) is 13.7 Å². The maximum Gasteiger partial charge on any atom is 0.191 e. The Morgan fingerprint density at radius 1 is 1.04 bits per heavy atom. The summed E-state index contributed by atoms with van der Waals surface area (Å²) in [5.41, 5.74) is 0.855. The van der Waals surface area contributed by atoms with E-state index < -0.39 is 17.5 Å². The molecule has 2 rings (SSSR count).